The van der Waals surface area contributed by atoms with Gasteiger partial charge in [0.25, 0.3) is 0 Å². The lowest BCUT2D eigenvalue weighted by molar-refractivity contribution is 0.337. The van der Waals surface area contributed by atoms with E-state index in [1.165, 1.54) is 6.42 Å². The van der Waals surface area contributed by atoms with Gasteiger partial charge in [0.1, 0.15) is 0 Å². The number of rotatable bonds is 2. The molecule has 1 heterocycles. The first-order chi connectivity index (χ1) is 3.34. The number of hydrogen-bond acceptors (Lipinski definition) is 1. The van der Waals surface area contributed by atoms with Crippen LogP contribution in [0.15, 0.2) is 0 Å². The Kier molecular flexibility index (Phi) is 1.33. The van der Waals surface area contributed by atoms with E-state index in [2.05, 4.69) is 13.8 Å². The van der Waals surface area contributed by atoms with Gasteiger partial charge < -0.3 is 4.74 Å². The van der Waals surface area contributed by atoms with Gasteiger partial charge in [0.15, 0.2) is 0 Å². The van der Waals surface area contributed by atoms with E-state index in [9.17, 15) is 0 Å². The van der Waals surface area contributed by atoms with Crippen molar-refractivity contribution in [3.63, 3.8) is 0 Å². The summed E-state index contributed by atoms with van der Waals surface area (Å²) in [5, 5.41) is 0. The minimum Gasteiger partial charge on any atom is -0.373 e. The zero-order valence-electron chi connectivity index (χ0n) is 4.98. The molecule has 0 aromatic heterocycles. The van der Waals surface area contributed by atoms with Crippen LogP contribution >= 0.6 is 0 Å². The maximum absolute atomic E-state index is 5.06. The third-order valence-electron chi connectivity index (χ3n) is 1.64. The van der Waals surface area contributed by atoms with Gasteiger partial charge >= 0.3 is 0 Å². The first kappa shape index (κ1) is 5.10. The van der Waals surface area contributed by atoms with Crippen molar-refractivity contribution in [2.24, 2.45) is 5.92 Å². The molecule has 1 heteroatoms. The van der Waals surface area contributed by atoms with Gasteiger partial charge in [-0.05, 0) is 5.92 Å². The minimum atomic E-state index is 0.616. The molecule has 0 radical (unpaired) electrons. The van der Waals surface area contributed by atoms with Crippen LogP contribution in [0.1, 0.15) is 20.3 Å². The third-order valence-corrected chi connectivity index (χ3v) is 1.64. The second-order valence-electron chi connectivity index (χ2n) is 2.26. The standard InChI is InChI=1S/C6H12O/c1-3-5(2)6-4-7-6/h5-6H,3-4H2,1-2H3/t5?,6-/m1/s1. The van der Waals surface area contributed by atoms with E-state index in [0.717, 1.165) is 12.5 Å². The highest BCUT2D eigenvalue weighted by atomic mass is 16.6. The maximum Gasteiger partial charge on any atom is 0.0835 e. The fourth-order valence-corrected chi connectivity index (χ4v) is 0.647. The van der Waals surface area contributed by atoms with Crippen LogP contribution in [0.2, 0.25) is 0 Å². The van der Waals surface area contributed by atoms with E-state index in [-0.39, 0.29) is 0 Å². The summed E-state index contributed by atoms with van der Waals surface area (Å²) < 4.78 is 5.06. The Labute approximate surface area is 44.7 Å². The van der Waals surface area contributed by atoms with E-state index < -0.39 is 0 Å². The van der Waals surface area contributed by atoms with E-state index in [4.69, 9.17) is 4.74 Å². The topological polar surface area (TPSA) is 12.5 Å². The van der Waals surface area contributed by atoms with Crippen molar-refractivity contribution < 1.29 is 4.74 Å². The maximum atomic E-state index is 5.06. The SMILES string of the molecule is CCC(C)[C@H]1CO1. The quantitative estimate of drug-likeness (QED) is 0.478. The highest BCUT2D eigenvalue weighted by molar-refractivity contribution is 4.74. The van der Waals surface area contributed by atoms with E-state index >= 15 is 0 Å². The Morgan fingerprint density at radius 3 is 2.57 bits per heavy atom. The van der Waals surface area contributed by atoms with Gasteiger partial charge in [-0.25, -0.2) is 0 Å². The van der Waals surface area contributed by atoms with Crippen LogP contribution in [-0.4, -0.2) is 12.7 Å². The summed E-state index contributed by atoms with van der Waals surface area (Å²) in [6, 6.07) is 0. The van der Waals surface area contributed by atoms with Crippen LogP contribution in [0, 0.1) is 5.92 Å². The predicted molar refractivity (Wildman–Crippen MR) is 29.2 cm³/mol. The number of ether oxygens (including phenoxy) is 1. The summed E-state index contributed by atoms with van der Waals surface area (Å²) in [7, 11) is 0. The zero-order valence-corrected chi connectivity index (χ0v) is 4.98. The van der Waals surface area contributed by atoms with E-state index in [1.807, 2.05) is 0 Å². The van der Waals surface area contributed by atoms with Crippen LogP contribution in [0.3, 0.4) is 0 Å². The normalized spacial score (nSPS) is 32.6. The average Bonchev–Trinajstić information content (AvgIpc) is 2.44. The van der Waals surface area contributed by atoms with Crippen LogP contribution in [0.5, 0.6) is 0 Å². The first-order valence-electron chi connectivity index (χ1n) is 2.96. The molecule has 0 N–H and O–H groups in total. The Hall–Kier alpha value is -0.0400. The van der Waals surface area contributed by atoms with Crippen molar-refractivity contribution in [1.29, 1.82) is 0 Å². The van der Waals surface area contributed by atoms with Crippen molar-refractivity contribution in [3.8, 4) is 0 Å². The molecule has 7 heavy (non-hydrogen) atoms. The number of hydrogen-bond donors (Lipinski definition) is 0. The van der Waals surface area contributed by atoms with Crippen molar-refractivity contribution in [3.05, 3.63) is 0 Å². The molecular weight excluding hydrogens is 88.1 g/mol. The van der Waals surface area contributed by atoms with Crippen LogP contribution in [0.25, 0.3) is 0 Å². The smallest absolute Gasteiger partial charge is 0.0835 e. The summed E-state index contributed by atoms with van der Waals surface area (Å²) in [5.41, 5.74) is 0. The summed E-state index contributed by atoms with van der Waals surface area (Å²) in [5.74, 6) is 0.792. The van der Waals surface area contributed by atoms with Crippen molar-refractivity contribution in [2.75, 3.05) is 6.61 Å². The van der Waals surface area contributed by atoms with Crippen molar-refractivity contribution in [2.45, 2.75) is 26.4 Å². The molecule has 2 atom stereocenters. The second-order valence-corrected chi connectivity index (χ2v) is 2.26. The zero-order chi connectivity index (χ0) is 5.28. The minimum absolute atomic E-state index is 0.616. The van der Waals surface area contributed by atoms with Gasteiger partial charge in [0.2, 0.25) is 0 Å². The summed E-state index contributed by atoms with van der Waals surface area (Å²) in [6.45, 7) is 5.44. The molecule has 1 saturated heterocycles. The molecule has 0 aliphatic carbocycles. The second kappa shape index (κ2) is 1.83. The van der Waals surface area contributed by atoms with Crippen LogP contribution < -0.4 is 0 Å². The summed E-state index contributed by atoms with van der Waals surface area (Å²) in [4.78, 5) is 0. The molecular formula is C6H12O. The Morgan fingerprint density at radius 1 is 1.86 bits per heavy atom. The third kappa shape index (κ3) is 1.16. The summed E-state index contributed by atoms with van der Waals surface area (Å²) in [6.07, 6.45) is 1.87. The number of epoxide rings is 1. The van der Waals surface area contributed by atoms with Crippen molar-refractivity contribution >= 4 is 0 Å². The molecule has 0 spiro atoms. The molecule has 1 nitrogen and oxygen atoms in total. The lowest BCUT2D eigenvalue weighted by Crippen LogP contribution is -1.99. The Morgan fingerprint density at radius 2 is 2.43 bits per heavy atom. The molecule has 0 aromatic carbocycles. The highest BCUT2D eigenvalue weighted by Crippen LogP contribution is 2.21. The molecule has 0 bridgehead atoms. The fraction of sp³-hybridized carbons (Fsp3) is 1.00. The monoisotopic (exact) mass is 100 g/mol. The van der Waals surface area contributed by atoms with Gasteiger partial charge in [0, 0.05) is 0 Å². The molecule has 1 rings (SSSR count). The fourth-order valence-electron chi connectivity index (χ4n) is 0.647. The largest absolute Gasteiger partial charge is 0.373 e. The molecule has 42 valence electrons. The van der Waals surface area contributed by atoms with Gasteiger partial charge in [-0.3, -0.25) is 0 Å². The van der Waals surface area contributed by atoms with Gasteiger partial charge in [-0.1, -0.05) is 20.3 Å². The highest BCUT2D eigenvalue weighted by Gasteiger charge is 2.27. The first-order valence-corrected chi connectivity index (χ1v) is 2.96. The molecule has 0 aromatic rings. The molecule has 1 aliphatic rings. The van der Waals surface area contributed by atoms with E-state index in [1.54, 1.807) is 0 Å². The Bertz CT molecular complexity index is 57.2. The molecule has 1 unspecified atom stereocenters. The average molecular weight is 100 g/mol. The Balaban J connectivity index is 2.10. The molecule has 0 amide bonds. The van der Waals surface area contributed by atoms with Crippen molar-refractivity contribution in [1.82, 2.24) is 0 Å². The lowest BCUT2D eigenvalue weighted by Gasteiger charge is -1.98. The van der Waals surface area contributed by atoms with E-state index in [0.29, 0.717) is 6.10 Å². The summed E-state index contributed by atoms with van der Waals surface area (Å²) >= 11 is 0. The lowest BCUT2D eigenvalue weighted by atomic mass is 10.1. The molecule has 1 fully saturated rings. The predicted octanol–water partition coefficient (Wildman–Crippen LogP) is 1.43. The van der Waals surface area contributed by atoms with Gasteiger partial charge in [-0.2, -0.15) is 0 Å². The van der Waals surface area contributed by atoms with Gasteiger partial charge in [0.05, 0.1) is 12.7 Å². The molecule has 1 aliphatic heterocycles. The van der Waals surface area contributed by atoms with Crippen LogP contribution in [-0.2, 0) is 4.74 Å². The van der Waals surface area contributed by atoms with Crippen LogP contribution in [0.4, 0.5) is 0 Å². The van der Waals surface area contributed by atoms with Gasteiger partial charge in [-0.15, -0.1) is 0 Å². The molecule has 0 saturated carbocycles.